The summed E-state index contributed by atoms with van der Waals surface area (Å²) in [4.78, 5) is 36.2. The van der Waals surface area contributed by atoms with Gasteiger partial charge in [-0.15, -0.1) is 0 Å². The molecule has 0 saturated carbocycles. The average molecular weight is 350 g/mol. The van der Waals surface area contributed by atoms with Crippen molar-refractivity contribution < 1.29 is 4.79 Å². The Hall–Kier alpha value is -3.36. The molecule has 4 heterocycles. The van der Waals surface area contributed by atoms with E-state index in [4.69, 9.17) is 5.73 Å². The summed E-state index contributed by atoms with van der Waals surface area (Å²) in [6.07, 6.45) is 8.60. The largest absolute Gasteiger partial charge is 0.383 e. The minimum Gasteiger partial charge on any atom is -0.383 e. The third-order valence-corrected chi connectivity index (χ3v) is 4.42. The minimum atomic E-state index is 0.149. The number of fused-ring (bicyclic) bond motifs is 2. The van der Waals surface area contributed by atoms with Gasteiger partial charge in [0.2, 0.25) is 0 Å². The van der Waals surface area contributed by atoms with Crippen LogP contribution in [-0.2, 0) is 24.7 Å². The molecule has 0 unspecified atom stereocenters. The molecule has 0 aliphatic carbocycles. The number of hydrogen-bond donors (Lipinski definition) is 2. The summed E-state index contributed by atoms with van der Waals surface area (Å²) in [7, 11) is 1.88. The lowest BCUT2D eigenvalue weighted by Gasteiger charge is -2.03. The topological polar surface area (TPSA) is 128 Å². The highest BCUT2D eigenvalue weighted by molar-refractivity contribution is 5.94. The Kier molecular flexibility index (Phi) is 4.04. The van der Waals surface area contributed by atoms with Crippen LogP contribution in [0.15, 0.2) is 25.2 Å². The van der Waals surface area contributed by atoms with Crippen LogP contribution in [0.4, 0.5) is 5.82 Å². The van der Waals surface area contributed by atoms with E-state index in [1.165, 1.54) is 12.7 Å². The number of carbonyl (C=O) groups excluding carboxylic acids is 1. The molecule has 0 aromatic carbocycles. The monoisotopic (exact) mass is 350 g/mol. The number of carbonyl (C=O) groups is 1. The predicted molar refractivity (Wildman–Crippen MR) is 96.3 cm³/mol. The number of nitrogens with two attached hydrogens (primary N) is 1. The van der Waals surface area contributed by atoms with Crippen LogP contribution in [0.2, 0.25) is 0 Å². The van der Waals surface area contributed by atoms with Crippen molar-refractivity contribution >= 4 is 33.8 Å². The second-order valence-corrected chi connectivity index (χ2v) is 6.21. The van der Waals surface area contributed by atoms with E-state index in [1.54, 1.807) is 6.33 Å². The molecular weight excluding hydrogens is 332 g/mol. The number of imidazole rings is 1. The molecule has 0 bridgehead atoms. The number of hydrogen-bond acceptors (Lipinski definition) is 7. The number of Topliss-reactive ketones (excluding diaryl/α,β-unsaturated/α-hetero) is 1. The van der Waals surface area contributed by atoms with Crippen LogP contribution in [0.3, 0.4) is 0 Å². The third-order valence-electron chi connectivity index (χ3n) is 4.42. The number of nitrogen functional groups attached to an aromatic ring is 1. The van der Waals surface area contributed by atoms with Gasteiger partial charge >= 0.3 is 0 Å². The van der Waals surface area contributed by atoms with Crippen LogP contribution in [0, 0.1) is 0 Å². The Morgan fingerprint density at radius 2 is 2.04 bits per heavy atom. The lowest BCUT2D eigenvalue weighted by Crippen LogP contribution is -2.04. The van der Waals surface area contributed by atoms with Gasteiger partial charge in [-0.25, -0.2) is 24.9 Å². The van der Waals surface area contributed by atoms with Gasteiger partial charge in [0.05, 0.1) is 17.4 Å². The molecule has 9 nitrogen and oxygen atoms in total. The highest BCUT2D eigenvalue weighted by atomic mass is 16.1. The molecular formula is C17H18N8O. The van der Waals surface area contributed by atoms with Crippen molar-refractivity contribution in [3.63, 3.8) is 0 Å². The van der Waals surface area contributed by atoms with Crippen LogP contribution < -0.4 is 5.73 Å². The number of nitrogens with one attached hydrogen (secondary N) is 1. The Morgan fingerprint density at radius 1 is 1.19 bits per heavy atom. The molecule has 4 aromatic rings. The number of rotatable bonds is 6. The van der Waals surface area contributed by atoms with E-state index in [2.05, 4.69) is 29.9 Å². The second-order valence-electron chi connectivity index (χ2n) is 6.21. The van der Waals surface area contributed by atoms with E-state index in [1.807, 2.05) is 17.8 Å². The van der Waals surface area contributed by atoms with Gasteiger partial charge in [0.1, 0.15) is 35.4 Å². The quantitative estimate of drug-likeness (QED) is 0.537. The Labute approximate surface area is 148 Å². The van der Waals surface area contributed by atoms with E-state index in [0.717, 1.165) is 27.8 Å². The molecule has 4 aromatic heterocycles. The molecule has 0 aliphatic rings. The van der Waals surface area contributed by atoms with E-state index in [9.17, 15) is 4.79 Å². The molecule has 26 heavy (non-hydrogen) atoms. The minimum absolute atomic E-state index is 0.149. The number of aromatic amines is 1. The van der Waals surface area contributed by atoms with Gasteiger partial charge in [0.25, 0.3) is 0 Å². The second kappa shape index (κ2) is 6.51. The van der Waals surface area contributed by atoms with Crippen molar-refractivity contribution in [3.05, 3.63) is 36.4 Å². The van der Waals surface area contributed by atoms with E-state index in [0.29, 0.717) is 37.1 Å². The first kappa shape index (κ1) is 16.1. The fourth-order valence-electron chi connectivity index (χ4n) is 3.22. The number of nitrogens with zero attached hydrogens (tertiary/aromatic N) is 6. The molecule has 0 fully saturated rings. The number of aromatic nitrogens is 7. The molecule has 0 radical (unpaired) electrons. The standard InChI is InChI=1S/C17H18N8O/c1-25-6-10(13-15(18)21-9-24-17(13)25)5-11(26)3-2-4-12-14-16(22-7-19-12)23-8-20-14/h6-9H,2-5H2,1H3,(H2,18,21,24)(H,19,20,22,23). The van der Waals surface area contributed by atoms with E-state index >= 15 is 0 Å². The fraction of sp³-hybridized carbons (Fsp3) is 0.294. The van der Waals surface area contributed by atoms with Crippen LogP contribution in [0.5, 0.6) is 0 Å². The summed E-state index contributed by atoms with van der Waals surface area (Å²) in [6.45, 7) is 0. The highest BCUT2D eigenvalue weighted by Gasteiger charge is 2.15. The van der Waals surface area contributed by atoms with Crippen molar-refractivity contribution in [2.45, 2.75) is 25.7 Å². The van der Waals surface area contributed by atoms with Gasteiger partial charge in [0, 0.05) is 26.1 Å². The molecule has 9 heteroatoms. The van der Waals surface area contributed by atoms with Gasteiger partial charge in [-0.2, -0.15) is 0 Å². The lowest BCUT2D eigenvalue weighted by atomic mass is 10.0. The summed E-state index contributed by atoms with van der Waals surface area (Å²) in [6, 6.07) is 0. The molecule has 0 aliphatic heterocycles. The molecule has 3 N–H and O–H groups in total. The number of H-pyrrole nitrogens is 1. The first-order chi connectivity index (χ1) is 12.6. The number of anilines is 1. The van der Waals surface area contributed by atoms with E-state index < -0.39 is 0 Å². The zero-order valence-corrected chi connectivity index (χ0v) is 14.3. The van der Waals surface area contributed by atoms with Crippen molar-refractivity contribution in [2.75, 3.05) is 5.73 Å². The van der Waals surface area contributed by atoms with Crippen LogP contribution in [0.1, 0.15) is 24.1 Å². The maximum absolute atomic E-state index is 12.4. The van der Waals surface area contributed by atoms with Crippen molar-refractivity contribution in [1.82, 2.24) is 34.5 Å². The summed E-state index contributed by atoms with van der Waals surface area (Å²) >= 11 is 0. The summed E-state index contributed by atoms with van der Waals surface area (Å²) in [5, 5.41) is 0.762. The zero-order chi connectivity index (χ0) is 18.1. The normalized spacial score (nSPS) is 11.4. The molecule has 4 rings (SSSR count). The summed E-state index contributed by atoms with van der Waals surface area (Å²) < 4.78 is 1.87. The Balaban J connectivity index is 1.43. The highest BCUT2D eigenvalue weighted by Crippen LogP contribution is 2.24. The zero-order valence-electron chi connectivity index (χ0n) is 14.3. The van der Waals surface area contributed by atoms with Crippen LogP contribution in [0.25, 0.3) is 22.2 Å². The van der Waals surface area contributed by atoms with Crippen molar-refractivity contribution in [2.24, 2.45) is 7.05 Å². The lowest BCUT2D eigenvalue weighted by molar-refractivity contribution is -0.118. The third kappa shape index (κ3) is 2.87. The van der Waals surface area contributed by atoms with E-state index in [-0.39, 0.29) is 5.78 Å². The molecule has 0 atom stereocenters. The first-order valence-electron chi connectivity index (χ1n) is 8.32. The molecule has 132 valence electrons. The maximum Gasteiger partial charge on any atom is 0.180 e. The van der Waals surface area contributed by atoms with Gasteiger partial charge in [0.15, 0.2) is 5.65 Å². The summed E-state index contributed by atoms with van der Waals surface area (Å²) in [5.74, 6) is 0.552. The van der Waals surface area contributed by atoms with Gasteiger partial charge < -0.3 is 15.3 Å². The number of aryl methyl sites for hydroxylation is 2. The summed E-state index contributed by atoms with van der Waals surface area (Å²) in [5.41, 5.74) is 9.92. The maximum atomic E-state index is 12.4. The first-order valence-corrected chi connectivity index (χ1v) is 8.32. The SMILES string of the molecule is Cn1cc(CC(=O)CCCc2ncnc3nc[nH]c23)c2c(N)ncnc21. The van der Waals surface area contributed by atoms with Crippen molar-refractivity contribution in [1.29, 1.82) is 0 Å². The predicted octanol–water partition coefficient (Wildman–Crippen LogP) is 1.35. The van der Waals surface area contributed by atoms with Gasteiger partial charge in [-0.1, -0.05) is 0 Å². The van der Waals surface area contributed by atoms with Crippen LogP contribution in [-0.4, -0.2) is 40.3 Å². The van der Waals surface area contributed by atoms with Crippen molar-refractivity contribution in [3.8, 4) is 0 Å². The molecule has 0 spiro atoms. The average Bonchev–Trinajstić information content (AvgIpc) is 3.21. The molecule has 0 amide bonds. The van der Waals surface area contributed by atoms with Gasteiger partial charge in [-0.3, -0.25) is 4.79 Å². The Bertz CT molecular complexity index is 1100. The number of ketones is 1. The fourth-order valence-corrected chi connectivity index (χ4v) is 3.22. The van der Waals surface area contributed by atoms with Crippen LogP contribution >= 0.6 is 0 Å². The molecule has 0 saturated heterocycles. The van der Waals surface area contributed by atoms with Gasteiger partial charge in [-0.05, 0) is 18.4 Å². The Morgan fingerprint density at radius 3 is 2.92 bits per heavy atom. The smallest absolute Gasteiger partial charge is 0.180 e.